The Morgan fingerprint density at radius 2 is 1.35 bits per heavy atom. The first-order valence-corrected chi connectivity index (χ1v) is 14.7. The van der Waals surface area contributed by atoms with E-state index in [1.807, 2.05) is 91.0 Å². The van der Waals surface area contributed by atoms with Crippen molar-refractivity contribution in [1.29, 1.82) is 0 Å². The number of β-lactam (4-membered cyclic amide) rings is 1. The van der Waals surface area contributed by atoms with E-state index >= 15 is 0 Å². The van der Waals surface area contributed by atoms with Crippen LogP contribution in [-0.4, -0.2) is 35.2 Å². The molecule has 0 spiro atoms. The number of hydrogen-bond acceptors (Lipinski definition) is 7. The average Bonchev–Trinajstić information content (AvgIpc) is 3.02. The number of nitrogens with one attached hydrogen (secondary N) is 2. The van der Waals surface area contributed by atoms with Gasteiger partial charge in [0.2, 0.25) is 11.8 Å². The molecule has 1 fully saturated rings. The molecule has 8 nitrogen and oxygen atoms in total. The maximum Gasteiger partial charge on any atom is 0.324 e. The smallest absolute Gasteiger partial charge is 0.324 e. The normalized spacial score (nSPS) is 16.4. The minimum absolute atomic E-state index is 0.126. The number of esters is 2. The lowest BCUT2D eigenvalue weighted by molar-refractivity contribution is -0.147. The lowest BCUT2D eigenvalue weighted by Gasteiger charge is -2.38. The van der Waals surface area contributed by atoms with E-state index in [4.69, 9.17) is 9.47 Å². The molecule has 43 heavy (non-hydrogen) atoms. The first-order chi connectivity index (χ1) is 20.9. The van der Waals surface area contributed by atoms with E-state index in [2.05, 4.69) is 10.6 Å². The van der Waals surface area contributed by atoms with Crippen LogP contribution in [0, 0.1) is 0 Å². The molecule has 9 heteroatoms. The predicted molar refractivity (Wildman–Crippen MR) is 163 cm³/mol. The topological polar surface area (TPSA) is 111 Å². The van der Waals surface area contributed by atoms with Crippen molar-refractivity contribution in [2.45, 2.75) is 36.1 Å². The molecule has 0 bridgehead atoms. The summed E-state index contributed by atoms with van der Waals surface area (Å²) in [6.07, 6.45) is -0.545. The van der Waals surface area contributed by atoms with Crippen LogP contribution >= 0.6 is 11.8 Å². The largest absolute Gasteiger partial charge is 0.451 e. The van der Waals surface area contributed by atoms with Crippen molar-refractivity contribution in [3.8, 4) is 5.75 Å². The summed E-state index contributed by atoms with van der Waals surface area (Å²) < 4.78 is 11.3. The van der Waals surface area contributed by atoms with Crippen molar-refractivity contribution >= 4 is 35.5 Å². The Morgan fingerprint density at radius 3 is 1.88 bits per heavy atom. The lowest BCUT2D eigenvalue weighted by Crippen LogP contribution is -2.68. The molecule has 0 radical (unpaired) electrons. The highest BCUT2D eigenvalue weighted by atomic mass is 32.2. The van der Waals surface area contributed by atoms with Gasteiger partial charge in [-0.3, -0.25) is 19.2 Å². The van der Waals surface area contributed by atoms with Gasteiger partial charge in [-0.15, -0.1) is 11.8 Å². The van der Waals surface area contributed by atoms with Gasteiger partial charge < -0.3 is 20.1 Å². The van der Waals surface area contributed by atoms with Crippen molar-refractivity contribution in [1.82, 2.24) is 10.6 Å². The predicted octanol–water partition coefficient (Wildman–Crippen LogP) is 4.90. The summed E-state index contributed by atoms with van der Waals surface area (Å²) >= 11 is 1.18. The molecule has 218 valence electrons. The van der Waals surface area contributed by atoms with Gasteiger partial charge in [-0.05, 0) is 34.4 Å². The number of carbonyl (C=O) groups excluding carboxylic acids is 4. The second-order valence-corrected chi connectivity index (χ2v) is 11.2. The fourth-order valence-corrected chi connectivity index (χ4v) is 5.98. The number of thioether (sulfide) groups is 1. The summed E-state index contributed by atoms with van der Waals surface area (Å²) in [5.74, 6) is -1.28. The summed E-state index contributed by atoms with van der Waals surface area (Å²) in [5.41, 5.74) is 3.02. The van der Waals surface area contributed by atoms with Crippen LogP contribution in [0.5, 0.6) is 5.75 Å². The van der Waals surface area contributed by atoms with E-state index < -0.39 is 34.7 Å². The molecule has 4 aromatic rings. The van der Waals surface area contributed by atoms with Gasteiger partial charge in [0.05, 0.1) is 6.42 Å². The highest BCUT2D eigenvalue weighted by Gasteiger charge is 2.44. The Bertz CT molecular complexity index is 1530. The van der Waals surface area contributed by atoms with Crippen LogP contribution in [0.2, 0.25) is 0 Å². The van der Waals surface area contributed by atoms with Crippen molar-refractivity contribution in [3.05, 3.63) is 138 Å². The van der Waals surface area contributed by atoms with Crippen molar-refractivity contribution in [2.75, 3.05) is 0 Å². The van der Waals surface area contributed by atoms with Gasteiger partial charge in [0.15, 0.2) is 6.10 Å². The molecule has 2 N–H and O–H groups in total. The van der Waals surface area contributed by atoms with E-state index in [0.29, 0.717) is 11.3 Å². The standard InChI is InChI=1S/C34H30N2O6S/c1-22(37)41-27-19-17-26(18-20-27)31(34(40)42-30(24-13-7-3-8-14-24)25-15-9-4-10-16-25)43-33-29(32(39)36-33)35-28(38)21-23-11-5-2-6-12-23/h2-20,29-31,33H,21H2,1H3,(H,35,38)(H,36,39)/t29-,31?,33-/m1/s1. The molecule has 1 saturated heterocycles. The van der Waals surface area contributed by atoms with Crippen LogP contribution in [-0.2, 0) is 30.3 Å². The van der Waals surface area contributed by atoms with Crippen LogP contribution in [0.15, 0.2) is 115 Å². The van der Waals surface area contributed by atoms with E-state index in [-0.39, 0.29) is 18.2 Å². The zero-order valence-corrected chi connectivity index (χ0v) is 24.2. The number of carbonyl (C=O) groups is 4. The molecule has 1 aliphatic rings. The first-order valence-electron chi connectivity index (χ1n) is 13.8. The van der Waals surface area contributed by atoms with Gasteiger partial charge >= 0.3 is 11.9 Å². The van der Waals surface area contributed by atoms with Crippen molar-refractivity contribution < 1.29 is 28.7 Å². The SMILES string of the molecule is CC(=O)Oc1ccc(C(S[C@H]2NC(=O)[C@H]2NC(=O)Cc2ccccc2)C(=O)OC(c2ccccc2)c2ccccc2)cc1. The van der Waals surface area contributed by atoms with Gasteiger partial charge in [-0.2, -0.15) is 0 Å². The summed E-state index contributed by atoms with van der Waals surface area (Å²) in [4.78, 5) is 50.6. The van der Waals surface area contributed by atoms with Gasteiger partial charge in [0, 0.05) is 6.92 Å². The molecule has 3 atom stereocenters. The number of amides is 2. The molecule has 0 aliphatic carbocycles. The molecule has 4 aromatic carbocycles. The third kappa shape index (κ3) is 7.69. The van der Waals surface area contributed by atoms with Crippen molar-refractivity contribution in [3.63, 3.8) is 0 Å². The fraction of sp³-hybridized carbons (Fsp3) is 0.176. The first kappa shape index (κ1) is 29.6. The highest BCUT2D eigenvalue weighted by Crippen LogP contribution is 2.39. The zero-order chi connectivity index (χ0) is 30.2. The highest BCUT2D eigenvalue weighted by molar-refractivity contribution is 8.01. The summed E-state index contributed by atoms with van der Waals surface area (Å²) in [7, 11) is 0. The van der Waals surface area contributed by atoms with E-state index in [0.717, 1.165) is 16.7 Å². The monoisotopic (exact) mass is 594 g/mol. The van der Waals surface area contributed by atoms with Gasteiger partial charge in [-0.1, -0.05) is 103 Å². The maximum absolute atomic E-state index is 14.0. The third-order valence-electron chi connectivity index (χ3n) is 6.77. The van der Waals surface area contributed by atoms with Crippen LogP contribution in [0.4, 0.5) is 0 Å². The Morgan fingerprint density at radius 1 is 0.791 bits per heavy atom. The van der Waals surface area contributed by atoms with Gasteiger partial charge in [0.1, 0.15) is 22.4 Å². The van der Waals surface area contributed by atoms with Crippen molar-refractivity contribution in [2.24, 2.45) is 0 Å². The molecule has 2 amide bonds. The molecular weight excluding hydrogens is 564 g/mol. The minimum atomic E-state index is -0.875. The van der Waals surface area contributed by atoms with E-state index in [1.54, 1.807) is 24.3 Å². The molecule has 5 rings (SSSR count). The number of rotatable bonds is 11. The quantitative estimate of drug-likeness (QED) is 0.144. The number of benzene rings is 4. The molecule has 0 saturated carbocycles. The minimum Gasteiger partial charge on any atom is -0.451 e. The fourth-order valence-electron chi connectivity index (χ4n) is 4.67. The molecule has 0 aromatic heterocycles. The zero-order valence-electron chi connectivity index (χ0n) is 23.3. The van der Waals surface area contributed by atoms with Crippen LogP contribution in [0.25, 0.3) is 0 Å². The molecular formula is C34H30N2O6S. The third-order valence-corrected chi connectivity index (χ3v) is 8.19. The van der Waals surface area contributed by atoms with Crippen LogP contribution in [0.3, 0.4) is 0 Å². The number of ether oxygens (including phenoxy) is 2. The molecule has 1 heterocycles. The van der Waals surface area contributed by atoms with Gasteiger partial charge in [0.25, 0.3) is 0 Å². The van der Waals surface area contributed by atoms with Gasteiger partial charge in [-0.25, -0.2) is 0 Å². The van der Waals surface area contributed by atoms with Crippen LogP contribution < -0.4 is 15.4 Å². The lowest BCUT2D eigenvalue weighted by atomic mass is 10.0. The number of hydrogen-bond donors (Lipinski definition) is 2. The summed E-state index contributed by atoms with van der Waals surface area (Å²) in [6.45, 7) is 1.31. The Balaban J connectivity index is 1.38. The summed E-state index contributed by atoms with van der Waals surface area (Å²) in [6, 6.07) is 33.9. The second-order valence-electron chi connectivity index (χ2n) is 9.95. The second kappa shape index (κ2) is 13.8. The summed E-state index contributed by atoms with van der Waals surface area (Å²) in [5, 5.41) is 4.15. The Hall–Kier alpha value is -4.89. The Labute approximate surface area is 253 Å². The maximum atomic E-state index is 14.0. The van der Waals surface area contributed by atoms with E-state index in [9.17, 15) is 19.2 Å². The van der Waals surface area contributed by atoms with Crippen LogP contribution in [0.1, 0.15) is 40.5 Å². The Kier molecular flexibility index (Phi) is 9.53. The van der Waals surface area contributed by atoms with E-state index in [1.165, 1.54) is 18.7 Å². The molecule has 1 unspecified atom stereocenters. The molecule has 1 aliphatic heterocycles. The average molecular weight is 595 g/mol.